The fourth-order valence-corrected chi connectivity index (χ4v) is 1.43. The molecule has 0 radical (unpaired) electrons. The molecule has 0 aliphatic heterocycles. The van der Waals surface area contributed by atoms with Gasteiger partial charge < -0.3 is 19.5 Å². The smallest absolute Gasteiger partial charge is 0.173 e. The Labute approximate surface area is 103 Å². The number of para-hydroxylation sites is 2. The van der Waals surface area contributed by atoms with Crippen molar-refractivity contribution in [3.05, 3.63) is 24.3 Å². The third-order valence-electron chi connectivity index (χ3n) is 2.23. The lowest BCUT2D eigenvalue weighted by Gasteiger charge is -2.18. The third-order valence-corrected chi connectivity index (χ3v) is 2.23. The first-order valence-electron chi connectivity index (χ1n) is 5.72. The molecule has 0 spiro atoms. The number of hydrogen-bond acceptors (Lipinski definition) is 4. The Balaban J connectivity index is 2.63. The standard InChI is InChI=1S/C13H21NO3/c1-10(2)17-12-8-6-5-7-11(12)14-9-13(15-3)16-4/h5-8,10,13-14H,9H2,1-4H3. The molecular weight excluding hydrogens is 218 g/mol. The molecule has 0 fully saturated rings. The lowest BCUT2D eigenvalue weighted by Crippen LogP contribution is -2.24. The van der Waals surface area contributed by atoms with Gasteiger partial charge in [-0.1, -0.05) is 12.1 Å². The van der Waals surface area contributed by atoms with Gasteiger partial charge in [-0.25, -0.2) is 0 Å². The predicted molar refractivity (Wildman–Crippen MR) is 68.5 cm³/mol. The minimum Gasteiger partial charge on any atom is -0.489 e. The normalized spacial score (nSPS) is 10.9. The van der Waals surface area contributed by atoms with E-state index in [0.717, 1.165) is 11.4 Å². The van der Waals surface area contributed by atoms with Crippen LogP contribution in [0.1, 0.15) is 13.8 Å². The van der Waals surface area contributed by atoms with Crippen molar-refractivity contribution in [2.75, 3.05) is 26.1 Å². The minimum atomic E-state index is -0.262. The summed E-state index contributed by atoms with van der Waals surface area (Å²) in [6, 6.07) is 7.83. The maximum absolute atomic E-state index is 5.70. The van der Waals surface area contributed by atoms with Gasteiger partial charge in [0.25, 0.3) is 0 Å². The summed E-state index contributed by atoms with van der Waals surface area (Å²) in [5, 5.41) is 3.25. The van der Waals surface area contributed by atoms with E-state index in [2.05, 4.69) is 5.32 Å². The molecule has 0 saturated carbocycles. The van der Waals surface area contributed by atoms with Crippen LogP contribution in [0.2, 0.25) is 0 Å². The van der Waals surface area contributed by atoms with Crippen LogP contribution in [-0.4, -0.2) is 33.2 Å². The molecule has 0 atom stereocenters. The van der Waals surface area contributed by atoms with Crippen LogP contribution in [0.15, 0.2) is 24.3 Å². The summed E-state index contributed by atoms with van der Waals surface area (Å²) in [6.45, 7) is 4.58. The Hall–Kier alpha value is -1.26. The van der Waals surface area contributed by atoms with Crippen molar-refractivity contribution in [3.8, 4) is 5.75 Å². The number of benzene rings is 1. The Morgan fingerprint density at radius 1 is 1.12 bits per heavy atom. The molecule has 0 unspecified atom stereocenters. The van der Waals surface area contributed by atoms with Crippen LogP contribution in [0.3, 0.4) is 0 Å². The van der Waals surface area contributed by atoms with E-state index >= 15 is 0 Å². The molecule has 0 saturated heterocycles. The van der Waals surface area contributed by atoms with Crippen molar-refractivity contribution in [2.24, 2.45) is 0 Å². The van der Waals surface area contributed by atoms with Gasteiger partial charge in [0.1, 0.15) is 5.75 Å². The van der Waals surface area contributed by atoms with Gasteiger partial charge in [0.05, 0.1) is 18.3 Å². The van der Waals surface area contributed by atoms with Crippen LogP contribution in [-0.2, 0) is 9.47 Å². The van der Waals surface area contributed by atoms with E-state index in [-0.39, 0.29) is 12.4 Å². The van der Waals surface area contributed by atoms with Crippen molar-refractivity contribution in [1.82, 2.24) is 0 Å². The second-order valence-electron chi connectivity index (χ2n) is 3.94. The van der Waals surface area contributed by atoms with Crippen molar-refractivity contribution >= 4 is 5.69 Å². The zero-order chi connectivity index (χ0) is 12.7. The quantitative estimate of drug-likeness (QED) is 0.742. The predicted octanol–water partition coefficient (Wildman–Crippen LogP) is 2.50. The summed E-state index contributed by atoms with van der Waals surface area (Å²) in [6.07, 6.45) is -0.110. The Morgan fingerprint density at radius 2 is 1.76 bits per heavy atom. The van der Waals surface area contributed by atoms with Crippen LogP contribution < -0.4 is 10.1 Å². The van der Waals surface area contributed by atoms with Crippen molar-refractivity contribution < 1.29 is 14.2 Å². The first-order valence-corrected chi connectivity index (χ1v) is 5.72. The molecular formula is C13H21NO3. The molecule has 0 bridgehead atoms. The van der Waals surface area contributed by atoms with Gasteiger partial charge in [-0.3, -0.25) is 0 Å². The SMILES string of the molecule is COC(CNc1ccccc1OC(C)C)OC. The topological polar surface area (TPSA) is 39.7 Å². The number of hydrogen-bond donors (Lipinski definition) is 1. The van der Waals surface area contributed by atoms with Crippen LogP contribution in [0.5, 0.6) is 5.75 Å². The summed E-state index contributed by atoms with van der Waals surface area (Å²) in [7, 11) is 3.23. The summed E-state index contributed by atoms with van der Waals surface area (Å²) in [5.41, 5.74) is 0.945. The second-order valence-corrected chi connectivity index (χ2v) is 3.94. The third kappa shape index (κ3) is 4.63. The maximum Gasteiger partial charge on any atom is 0.173 e. The number of methoxy groups -OCH3 is 2. The fraction of sp³-hybridized carbons (Fsp3) is 0.538. The highest BCUT2D eigenvalue weighted by Crippen LogP contribution is 2.24. The average molecular weight is 239 g/mol. The lowest BCUT2D eigenvalue weighted by molar-refractivity contribution is -0.0914. The molecule has 17 heavy (non-hydrogen) atoms. The molecule has 1 N–H and O–H groups in total. The first-order chi connectivity index (χ1) is 8.17. The van der Waals surface area contributed by atoms with Gasteiger partial charge in [0, 0.05) is 14.2 Å². The van der Waals surface area contributed by atoms with E-state index in [1.165, 1.54) is 0 Å². The Morgan fingerprint density at radius 3 is 2.35 bits per heavy atom. The van der Waals surface area contributed by atoms with Gasteiger partial charge >= 0.3 is 0 Å². The second kappa shape index (κ2) is 7.14. The number of anilines is 1. The summed E-state index contributed by atoms with van der Waals surface area (Å²) < 4.78 is 15.9. The van der Waals surface area contributed by atoms with Crippen LogP contribution >= 0.6 is 0 Å². The molecule has 1 aromatic rings. The van der Waals surface area contributed by atoms with E-state index in [4.69, 9.17) is 14.2 Å². The van der Waals surface area contributed by atoms with Gasteiger partial charge in [-0.05, 0) is 26.0 Å². The van der Waals surface area contributed by atoms with Crippen molar-refractivity contribution in [3.63, 3.8) is 0 Å². The highest BCUT2D eigenvalue weighted by Gasteiger charge is 2.08. The number of ether oxygens (including phenoxy) is 3. The number of rotatable bonds is 7. The van der Waals surface area contributed by atoms with Gasteiger partial charge in [0.15, 0.2) is 6.29 Å². The highest BCUT2D eigenvalue weighted by atomic mass is 16.7. The molecule has 0 aromatic heterocycles. The van der Waals surface area contributed by atoms with Gasteiger partial charge in [-0.15, -0.1) is 0 Å². The van der Waals surface area contributed by atoms with E-state index in [1.54, 1.807) is 14.2 Å². The molecule has 0 heterocycles. The van der Waals surface area contributed by atoms with E-state index in [0.29, 0.717) is 6.54 Å². The fourth-order valence-electron chi connectivity index (χ4n) is 1.43. The molecule has 1 rings (SSSR count). The molecule has 4 nitrogen and oxygen atoms in total. The zero-order valence-electron chi connectivity index (χ0n) is 10.9. The average Bonchev–Trinajstić information content (AvgIpc) is 2.31. The monoisotopic (exact) mass is 239 g/mol. The lowest BCUT2D eigenvalue weighted by atomic mass is 10.3. The number of nitrogens with one attached hydrogen (secondary N) is 1. The summed E-state index contributed by atoms with van der Waals surface area (Å²) in [4.78, 5) is 0. The molecule has 0 aliphatic rings. The van der Waals surface area contributed by atoms with Crippen LogP contribution in [0.4, 0.5) is 5.69 Å². The molecule has 0 aliphatic carbocycles. The maximum atomic E-state index is 5.70. The Kier molecular flexibility index (Phi) is 5.80. The largest absolute Gasteiger partial charge is 0.489 e. The van der Waals surface area contributed by atoms with Gasteiger partial charge in [-0.2, -0.15) is 0 Å². The van der Waals surface area contributed by atoms with Gasteiger partial charge in [0.2, 0.25) is 0 Å². The Bertz CT molecular complexity index is 324. The molecule has 96 valence electrons. The zero-order valence-corrected chi connectivity index (χ0v) is 10.9. The molecule has 4 heteroatoms. The van der Waals surface area contributed by atoms with Crippen molar-refractivity contribution in [2.45, 2.75) is 26.2 Å². The summed E-state index contributed by atoms with van der Waals surface area (Å²) >= 11 is 0. The van der Waals surface area contributed by atoms with E-state index in [9.17, 15) is 0 Å². The van der Waals surface area contributed by atoms with Crippen LogP contribution in [0, 0.1) is 0 Å². The van der Waals surface area contributed by atoms with Crippen molar-refractivity contribution in [1.29, 1.82) is 0 Å². The molecule has 1 aromatic carbocycles. The first kappa shape index (κ1) is 13.8. The van der Waals surface area contributed by atoms with E-state index in [1.807, 2.05) is 38.1 Å². The van der Waals surface area contributed by atoms with E-state index < -0.39 is 0 Å². The minimum absolute atomic E-state index is 0.151. The highest BCUT2D eigenvalue weighted by molar-refractivity contribution is 5.56. The molecule has 0 amide bonds. The van der Waals surface area contributed by atoms with Crippen LogP contribution in [0.25, 0.3) is 0 Å². The summed E-state index contributed by atoms with van der Waals surface area (Å²) in [5.74, 6) is 0.841.